The number of hydrogen-bond donors (Lipinski definition) is 1. The number of ether oxygens (including phenoxy) is 1. The number of hydrogen-bond acceptors (Lipinski definition) is 2. The molecule has 2 nitrogen and oxygen atoms in total. The second kappa shape index (κ2) is 7.62. The highest BCUT2D eigenvalue weighted by Crippen LogP contribution is 2.37. The third-order valence-corrected chi connectivity index (χ3v) is 4.03. The first kappa shape index (κ1) is 18.0. The fourth-order valence-electron chi connectivity index (χ4n) is 2.68. The van der Waals surface area contributed by atoms with Crippen molar-refractivity contribution < 1.29 is 17.9 Å². The van der Waals surface area contributed by atoms with Gasteiger partial charge in [-0.05, 0) is 47.0 Å². The molecule has 0 unspecified atom stereocenters. The first-order valence-corrected chi connectivity index (χ1v) is 8.15. The highest BCUT2D eigenvalue weighted by molar-refractivity contribution is 5.70. The Kier molecular flexibility index (Phi) is 5.28. The molecule has 0 aliphatic rings. The van der Waals surface area contributed by atoms with Crippen molar-refractivity contribution in [2.24, 2.45) is 5.73 Å². The van der Waals surface area contributed by atoms with Crippen LogP contribution in [0.2, 0.25) is 0 Å². The SMILES string of the molecule is NCC(F)(F)c1ccc(OCc2ccccc2)cc1-c1cccc(F)c1. The minimum atomic E-state index is -3.22. The van der Waals surface area contributed by atoms with Crippen molar-refractivity contribution >= 4 is 0 Å². The first-order valence-electron chi connectivity index (χ1n) is 8.15. The lowest BCUT2D eigenvalue weighted by Crippen LogP contribution is -2.25. The van der Waals surface area contributed by atoms with Gasteiger partial charge in [0, 0.05) is 5.56 Å². The fraction of sp³-hybridized carbons (Fsp3) is 0.143. The summed E-state index contributed by atoms with van der Waals surface area (Å²) >= 11 is 0. The molecule has 0 aliphatic heterocycles. The van der Waals surface area contributed by atoms with Crippen LogP contribution in [0.1, 0.15) is 11.1 Å². The maximum Gasteiger partial charge on any atom is 0.285 e. The van der Waals surface area contributed by atoms with Crippen molar-refractivity contribution in [1.82, 2.24) is 0 Å². The molecule has 0 heterocycles. The largest absolute Gasteiger partial charge is 0.489 e. The van der Waals surface area contributed by atoms with Gasteiger partial charge in [0.1, 0.15) is 18.2 Å². The average molecular weight is 357 g/mol. The fourth-order valence-corrected chi connectivity index (χ4v) is 2.68. The van der Waals surface area contributed by atoms with Crippen molar-refractivity contribution in [2.75, 3.05) is 6.54 Å². The molecule has 3 aromatic carbocycles. The molecule has 3 aromatic rings. The maximum absolute atomic E-state index is 14.3. The molecule has 0 bridgehead atoms. The first-order chi connectivity index (χ1) is 12.5. The molecular weight excluding hydrogens is 339 g/mol. The van der Waals surface area contributed by atoms with E-state index in [1.807, 2.05) is 30.3 Å². The van der Waals surface area contributed by atoms with Gasteiger partial charge in [-0.2, -0.15) is 8.78 Å². The van der Waals surface area contributed by atoms with Gasteiger partial charge in [-0.15, -0.1) is 0 Å². The van der Waals surface area contributed by atoms with Gasteiger partial charge < -0.3 is 10.5 Å². The van der Waals surface area contributed by atoms with Crippen LogP contribution >= 0.6 is 0 Å². The Morgan fingerprint density at radius 3 is 2.35 bits per heavy atom. The van der Waals surface area contributed by atoms with Gasteiger partial charge in [-0.1, -0.05) is 42.5 Å². The molecule has 0 saturated heterocycles. The molecule has 0 fully saturated rings. The minimum Gasteiger partial charge on any atom is -0.489 e. The molecule has 0 spiro atoms. The van der Waals surface area contributed by atoms with Crippen molar-refractivity contribution in [2.45, 2.75) is 12.5 Å². The number of rotatable bonds is 6. The van der Waals surface area contributed by atoms with E-state index in [0.29, 0.717) is 17.9 Å². The summed E-state index contributed by atoms with van der Waals surface area (Å²) in [5, 5.41) is 0. The van der Waals surface area contributed by atoms with Crippen LogP contribution in [0.4, 0.5) is 13.2 Å². The van der Waals surface area contributed by atoms with Crippen LogP contribution in [0.5, 0.6) is 5.75 Å². The predicted molar refractivity (Wildman–Crippen MR) is 95.6 cm³/mol. The van der Waals surface area contributed by atoms with E-state index < -0.39 is 18.3 Å². The van der Waals surface area contributed by atoms with E-state index >= 15 is 0 Å². The zero-order chi connectivity index (χ0) is 18.6. The lowest BCUT2D eigenvalue weighted by molar-refractivity contribution is 0.00651. The molecule has 134 valence electrons. The van der Waals surface area contributed by atoms with E-state index in [2.05, 4.69) is 0 Å². The number of benzene rings is 3. The Hall–Kier alpha value is -2.79. The van der Waals surface area contributed by atoms with E-state index in [0.717, 1.165) is 5.56 Å². The van der Waals surface area contributed by atoms with Gasteiger partial charge in [-0.3, -0.25) is 0 Å². The number of alkyl halides is 2. The van der Waals surface area contributed by atoms with Gasteiger partial charge in [-0.25, -0.2) is 4.39 Å². The summed E-state index contributed by atoms with van der Waals surface area (Å²) in [6.07, 6.45) is 0. The summed E-state index contributed by atoms with van der Waals surface area (Å²) < 4.78 is 47.8. The summed E-state index contributed by atoms with van der Waals surface area (Å²) in [5.41, 5.74) is 6.48. The Morgan fingerprint density at radius 2 is 1.65 bits per heavy atom. The molecule has 0 saturated carbocycles. The zero-order valence-corrected chi connectivity index (χ0v) is 14.0. The molecule has 26 heavy (non-hydrogen) atoms. The lowest BCUT2D eigenvalue weighted by Gasteiger charge is -2.20. The topological polar surface area (TPSA) is 35.2 Å². The standard InChI is InChI=1S/C21H18F3NO/c22-17-8-4-7-16(11-17)19-12-18(9-10-20(19)21(23,24)14-25)26-13-15-5-2-1-3-6-15/h1-12H,13-14,25H2. The predicted octanol–water partition coefficient (Wildman–Crippen LogP) is 5.12. The van der Waals surface area contributed by atoms with Crippen molar-refractivity contribution in [3.8, 4) is 16.9 Å². The van der Waals surface area contributed by atoms with Crippen LogP contribution in [-0.2, 0) is 12.5 Å². The second-order valence-corrected chi connectivity index (χ2v) is 5.90. The van der Waals surface area contributed by atoms with Crippen LogP contribution in [0.3, 0.4) is 0 Å². The molecule has 0 radical (unpaired) electrons. The minimum absolute atomic E-state index is 0.200. The van der Waals surface area contributed by atoms with E-state index in [1.54, 1.807) is 6.07 Å². The van der Waals surface area contributed by atoms with Gasteiger partial charge in [0.15, 0.2) is 0 Å². The summed E-state index contributed by atoms with van der Waals surface area (Å²) in [7, 11) is 0. The molecule has 0 aliphatic carbocycles. The molecule has 0 aromatic heterocycles. The molecule has 0 amide bonds. The molecule has 3 rings (SSSR count). The van der Waals surface area contributed by atoms with Gasteiger partial charge in [0.25, 0.3) is 5.92 Å². The van der Waals surface area contributed by atoms with Gasteiger partial charge >= 0.3 is 0 Å². The van der Waals surface area contributed by atoms with E-state index in [1.165, 1.54) is 36.4 Å². The summed E-state index contributed by atoms with van der Waals surface area (Å²) in [5.74, 6) is -3.30. The third-order valence-electron chi connectivity index (χ3n) is 4.03. The van der Waals surface area contributed by atoms with Crippen molar-refractivity contribution in [1.29, 1.82) is 0 Å². The lowest BCUT2D eigenvalue weighted by atomic mass is 9.95. The van der Waals surface area contributed by atoms with Crippen LogP contribution < -0.4 is 10.5 Å². The number of nitrogens with two attached hydrogens (primary N) is 1. The maximum atomic E-state index is 14.3. The van der Waals surface area contributed by atoms with Crippen LogP contribution in [0.15, 0.2) is 72.8 Å². The summed E-state index contributed by atoms with van der Waals surface area (Å²) in [6, 6.07) is 19.3. The monoisotopic (exact) mass is 357 g/mol. The Bertz CT molecular complexity index is 881. The average Bonchev–Trinajstić information content (AvgIpc) is 2.67. The van der Waals surface area contributed by atoms with Gasteiger partial charge in [0.2, 0.25) is 0 Å². The molecule has 5 heteroatoms. The Balaban J connectivity index is 1.97. The van der Waals surface area contributed by atoms with Crippen LogP contribution in [0, 0.1) is 5.82 Å². The summed E-state index contributed by atoms with van der Waals surface area (Å²) in [4.78, 5) is 0. The van der Waals surface area contributed by atoms with Crippen molar-refractivity contribution in [3.05, 3.63) is 89.7 Å². The molecule has 0 atom stereocenters. The summed E-state index contributed by atoms with van der Waals surface area (Å²) in [6.45, 7) is -0.532. The second-order valence-electron chi connectivity index (χ2n) is 5.90. The Morgan fingerprint density at radius 1 is 0.885 bits per heavy atom. The normalized spacial score (nSPS) is 11.4. The third kappa shape index (κ3) is 4.06. The highest BCUT2D eigenvalue weighted by atomic mass is 19.3. The number of halogens is 3. The Labute approximate surface area is 150 Å². The quantitative estimate of drug-likeness (QED) is 0.664. The highest BCUT2D eigenvalue weighted by Gasteiger charge is 2.32. The van der Waals surface area contributed by atoms with E-state index in [-0.39, 0.29) is 11.1 Å². The van der Waals surface area contributed by atoms with Gasteiger partial charge in [0.05, 0.1) is 6.54 Å². The zero-order valence-electron chi connectivity index (χ0n) is 14.0. The molecule has 2 N–H and O–H groups in total. The van der Waals surface area contributed by atoms with Crippen molar-refractivity contribution in [3.63, 3.8) is 0 Å². The van der Waals surface area contributed by atoms with Crippen LogP contribution in [0.25, 0.3) is 11.1 Å². The smallest absolute Gasteiger partial charge is 0.285 e. The van der Waals surface area contributed by atoms with E-state index in [4.69, 9.17) is 10.5 Å². The molecular formula is C21H18F3NO. The van der Waals surface area contributed by atoms with E-state index in [9.17, 15) is 13.2 Å². The van der Waals surface area contributed by atoms with Crippen LogP contribution in [-0.4, -0.2) is 6.54 Å².